The van der Waals surface area contributed by atoms with Crippen LogP contribution >= 0.6 is 11.6 Å². The Hall–Kier alpha value is -3.52. The highest BCUT2D eigenvalue weighted by atomic mass is 35.5. The van der Waals surface area contributed by atoms with Crippen LogP contribution in [-0.2, 0) is 12.6 Å². The average Bonchev–Trinajstić information content (AvgIpc) is 3.16. The Morgan fingerprint density at radius 2 is 1.79 bits per heavy atom. The Labute approximate surface area is 197 Å². The number of carbonyl (C=O) groups excluding carboxylic acids is 1. The van der Waals surface area contributed by atoms with Crippen LogP contribution in [0.3, 0.4) is 0 Å². The van der Waals surface area contributed by atoms with Gasteiger partial charge in [-0.25, -0.2) is 9.18 Å². The second kappa shape index (κ2) is 8.36. The standard InChI is InChI=1S/C25H18ClF4N3O/c26-15-7-10-20-18(13-15)17-11-12-33(23(22(17)31-20)14-5-8-16(27)9-6-14)24(34)32-21-4-2-1-3-19(21)25(28,29)30/h1-10,13,23,31H,11-12H2,(H,32,34)/t23-/m1/s1. The van der Waals surface area contributed by atoms with Crippen molar-refractivity contribution in [2.75, 3.05) is 11.9 Å². The number of H-pyrrole nitrogens is 1. The van der Waals surface area contributed by atoms with E-state index in [9.17, 15) is 22.4 Å². The minimum atomic E-state index is -4.62. The molecular weight excluding hydrogens is 470 g/mol. The number of anilines is 1. The van der Waals surface area contributed by atoms with Crippen LogP contribution in [0.15, 0.2) is 66.7 Å². The smallest absolute Gasteiger partial charge is 0.356 e. The summed E-state index contributed by atoms with van der Waals surface area (Å²) in [6, 6.07) is 14.6. The zero-order valence-corrected chi connectivity index (χ0v) is 18.3. The van der Waals surface area contributed by atoms with Crippen molar-refractivity contribution in [1.82, 2.24) is 9.88 Å². The van der Waals surface area contributed by atoms with E-state index in [1.807, 2.05) is 12.1 Å². The molecule has 2 heterocycles. The number of hydrogen-bond acceptors (Lipinski definition) is 1. The summed E-state index contributed by atoms with van der Waals surface area (Å²) < 4.78 is 54.0. The number of halogens is 5. The van der Waals surface area contributed by atoms with Gasteiger partial charge in [0.2, 0.25) is 0 Å². The van der Waals surface area contributed by atoms with E-state index in [1.54, 1.807) is 18.2 Å². The maximum atomic E-state index is 13.6. The monoisotopic (exact) mass is 487 g/mol. The number of amides is 2. The lowest BCUT2D eigenvalue weighted by Crippen LogP contribution is -2.43. The molecule has 0 radical (unpaired) electrons. The quantitative estimate of drug-likeness (QED) is 0.290. The Balaban J connectivity index is 1.58. The van der Waals surface area contributed by atoms with Crippen molar-refractivity contribution < 1.29 is 22.4 Å². The summed E-state index contributed by atoms with van der Waals surface area (Å²) in [6.45, 7) is 0.245. The van der Waals surface area contributed by atoms with E-state index < -0.39 is 29.6 Å². The number of benzene rings is 3. The lowest BCUT2D eigenvalue weighted by atomic mass is 9.92. The number of rotatable bonds is 2. The van der Waals surface area contributed by atoms with Gasteiger partial charge in [0.15, 0.2) is 0 Å². The molecule has 0 aliphatic carbocycles. The fraction of sp³-hybridized carbons (Fsp3) is 0.160. The molecule has 4 aromatic rings. The first kappa shape index (κ1) is 22.3. The molecule has 0 saturated carbocycles. The van der Waals surface area contributed by atoms with Crippen LogP contribution in [0.5, 0.6) is 0 Å². The largest absolute Gasteiger partial charge is 0.418 e. The zero-order chi connectivity index (χ0) is 24.0. The van der Waals surface area contributed by atoms with Crippen molar-refractivity contribution in [3.05, 3.63) is 100.0 Å². The summed E-state index contributed by atoms with van der Waals surface area (Å²) in [5.41, 5.74) is 1.87. The van der Waals surface area contributed by atoms with Crippen LogP contribution in [0.1, 0.15) is 28.4 Å². The summed E-state index contributed by atoms with van der Waals surface area (Å²) in [7, 11) is 0. The number of aromatic amines is 1. The summed E-state index contributed by atoms with van der Waals surface area (Å²) >= 11 is 6.19. The van der Waals surface area contributed by atoms with Crippen LogP contribution in [-0.4, -0.2) is 22.5 Å². The molecule has 2 amide bonds. The molecular formula is C25H18ClF4N3O. The van der Waals surface area contributed by atoms with Gasteiger partial charge in [0.05, 0.1) is 17.3 Å². The molecule has 3 aromatic carbocycles. The van der Waals surface area contributed by atoms with Crippen molar-refractivity contribution in [1.29, 1.82) is 0 Å². The van der Waals surface area contributed by atoms with Crippen LogP contribution < -0.4 is 5.32 Å². The van der Waals surface area contributed by atoms with Crippen LogP contribution in [0, 0.1) is 5.82 Å². The maximum absolute atomic E-state index is 13.6. The predicted octanol–water partition coefficient (Wildman–Crippen LogP) is 7.16. The minimum absolute atomic E-state index is 0.245. The molecule has 9 heteroatoms. The summed E-state index contributed by atoms with van der Waals surface area (Å²) in [6.07, 6.45) is -4.15. The SMILES string of the molecule is O=C(Nc1ccccc1C(F)(F)F)N1CCc2c([nH]c3ccc(Cl)cc23)[C@H]1c1ccc(F)cc1. The number of nitrogens with zero attached hydrogens (tertiary/aromatic N) is 1. The number of urea groups is 1. The maximum Gasteiger partial charge on any atom is 0.418 e. The lowest BCUT2D eigenvalue weighted by molar-refractivity contribution is -0.136. The fourth-order valence-electron chi connectivity index (χ4n) is 4.50. The van der Waals surface area contributed by atoms with Gasteiger partial charge in [-0.05, 0) is 60.0 Å². The summed E-state index contributed by atoms with van der Waals surface area (Å²) in [5, 5.41) is 3.91. The van der Waals surface area contributed by atoms with E-state index >= 15 is 0 Å². The van der Waals surface area contributed by atoms with E-state index in [-0.39, 0.29) is 12.2 Å². The normalized spacial score (nSPS) is 15.9. The third-order valence-electron chi connectivity index (χ3n) is 6.01. The van der Waals surface area contributed by atoms with Gasteiger partial charge in [0.25, 0.3) is 0 Å². The van der Waals surface area contributed by atoms with Crippen LogP contribution in [0.2, 0.25) is 5.02 Å². The van der Waals surface area contributed by atoms with E-state index in [2.05, 4.69) is 10.3 Å². The van der Waals surface area contributed by atoms with Crippen molar-refractivity contribution in [3.8, 4) is 0 Å². The first-order valence-corrected chi connectivity index (χ1v) is 10.9. The highest BCUT2D eigenvalue weighted by Gasteiger charge is 2.37. The van der Waals surface area contributed by atoms with Gasteiger partial charge in [0, 0.05) is 28.2 Å². The van der Waals surface area contributed by atoms with E-state index in [1.165, 1.54) is 35.2 Å². The molecule has 5 rings (SSSR count). The molecule has 1 aliphatic rings. The number of fused-ring (bicyclic) bond motifs is 3. The number of nitrogens with one attached hydrogen (secondary N) is 2. The number of aromatic nitrogens is 1. The van der Waals surface area contributed by atoms with Gasteiger partial charge >= 0.3 is 12.2 Å². The van der Waals surface area contributed by atoms with Crippen molar-refractivity contribution in [3.63, 3.8) is 0 Å². The van der Waals surface area contributed by atoms with E-state index in [0.717, 1.165) is 28.2 Å². The van der Waals surface area contributed by atoms with Crippen molar-refractivity contribution >= 4 is 34.2 Å². The van der Waals surface area contributed by atoms with Gasteiger partial charge in [0.1, 0.15) is 5.82 Å². The number of hydrogen-bond donors (Lipinski definition) is 2. The fourth-order valence-corrected chi connectivity index (χ4v) is 4.67. The zero-order valence-electron chi connectivity index (χ0n) is 17.6. The molecule has 1 aromatic heterocycles. The highest BCUT2D eigenvalue weighted by Crippen LogP contribution is 2.40. The Kier molecular flexibility index (Phi) is 5.48. The number of alkyl halides is 3. The van der Waals surface area contributed by atoms with Crippen molar-refractivity contribution in [2.24, 2.45) is 0 Å². The van der Waals surface area contributed by atoms with Gasteiger partial charge in [-0.3, -0.25) is 0 Å². The lowest BCUT2D eigenvalue weighted by Gasteiger charge is -2.36. The Bertz CT molecular complexity index is 1380. The second-order valence-corrected chi connectivity index (χ2v) is 8.51. The van der Waals surface area contributed by atoms with E-state index in [0.29, 0.717) is 17.0 Å². The molecule has 0 saturated heterocycles. The number of carbonyl (C=O) groups is 1. The van der Waals surface area contributed by atoms with E-state index in [4.69, 9.17) is 11.6 Å². The van der Waals surface area contributed by atoms with Crippen LogP contribution in [0.25, 0.3) is 10.9 Å². The topological polar surface area (TPSA) is 48.1 Å². The third-order valence-corrected chi connectivity index (χ3v) is 6.24. The van der Waals surface area contributed by atoms with Gasteiger partial charge < -0.3 is 15.2 Å². The molecule has 34 heavy (non-hydrogen) atoms. The molecule has 4 nitrogen and oxygen atoms in total. The third kappa shape index (κ3) is 3.98. The van der Waals surface area contributed by atoms with Gasteiger partial charge in [-0.1, -0.05) is 35.9 Å². The molecule has 1 atom stereocenters. The second-order valence-electron chi connectivity index (χ2n) is 8.08. The van der Waals surface area contributed by atoms with Gasteiger partial charge in [-0.2, -0.15) is 13.2 Å². The first-order valence-electron chi connectivity index (χ1n) is 10.5. The first-order chi connectivity index (χ1) is 16.2. The predicted molar refractivity (Wildman–Crippen MR) is 122 cm³/mol. The Morgan fingerprint density at radius 3 is 2.53 bits per heavy atom. The molecule has 0 spiro atoms. The molecule has 174 valence electrons. The molecule has 0 fully saturated rings. The molecule has 1 aliphatic heterocycles. The molecule has 0 unspecified atom stereocenters. The van der Waals surface area contributed by atoms with Crippen molar-refractivity contribution in [2.45, 2.75) is 18.6 Å². The summed E-state index contributed by atoms with van der Waals surface area (Å²) in [4.78, 5) is 18.1. The minimum Gasteiger partial charge on any atom is -0.356 e. The molecule has 2 N–H and O–H groups in total. The summed E-state index contributed by atoms with van der Waals surface area (Å²) in [5.74, 6) is -0.432. The average molecular weight is 488 g/mol. The van der Waals surface area contributed by atoms with Crippen LogP contribution in [0.4, 0.5) is 28.0 Å². The molecule has 0 bridgehead atoms. The number of para-hydroxylation sites is 1. The van der Waals surface area contributed by atoms with Gasteiger partial charge in [-0.15, -0.1) is 0 Å². The Morgan fingerprint density at radius 1 is 1.06 bits per heavy atom. The highest BCUT2D eigenvalue weighted by molar-refractivity contribution is 6.31.